The zero-order valence-electron chi connectivity index (χ0n) is 10.1. The summed E-state index contributed by atoms with van der Waals surface area (Å²) in [6, 6.07) is 9.57. The third-order valence-corrected chi connectivity index (χ3v) is 2.61. The SMILES string of the molecule is CC(C)n1nccc1NCc1ccccc1O. The minimum atomic E-state index is 0.315. The molecule has 0 atom stereocenters. The summed E-state index contributed by atoms with van der Waals surface area (Å²) in [5.41, 5.74) is 0.879. The fraction of sp³-hybridized carbons (Fsp3) is 0.308. The van der Waals surface area contributed by atoms with Crippen LogP contribution in [0.3, 0.4) is 0 Å². The Kier molecular flexibility index (Phi) is 3.32. The number of phenolic OH excluding ortho intramolecular Hbond substituents is 1. The van der Waals surface area contributed by atoms with Crippen LogP contribution in [0.25, 0.3) is 0 Å². The van der Waals surface area contributed by atoms with Gasteiger partial charge >= 0.3 is 0 Å². The van der Waals surface area contributed by atoms with Crippen LogP contribution in [-0.4, -0.2) is 14.9 Å². The third-order valence-electron chi connectivity index (χ3n) is 2.61. The van der Waals surface area contributed by atoms with Crippen molar-refractivity contribution in [2.24, 2.45) is 0 Å². The summed E-state index contributed by atoms with van der Waals surface area (Å²) in [4.78, 5) is 0. The van der Waals surface area contributed by atoms with Crippen molar-refractivity contribution in [3.63, 3.8) is 0 Å². The van der Waals surface area contributed by atoms with Crippen molar-refractivity contribution in [3.8, 4) is 5.75 Å². The van der Waals surface area contributed by atoms with E-state index < -0.39 is 0 Å². The van der Waals surface area contributed by atoms with Crippen molar-refractivity contribution in [2.45, 2.75) is 26.4 Å². The lowest BCUT2D eigenvalue weighted by Gasteiger charge is -2.13. The average Bonchev–Trinajstić information content (AvgIpc) is 2.76. The van der Waals surface area contributed by atoms with Gasteiger partial charge in [0.2, 0.25) is 0 Å². The molecular formula is C13H17N3O. The maximum atomic E-state index is 9.66. The summed E-state index contributed by atoms with van der Waals surface area (Å²) in [5, 5.41) is 17.2. The van der Waals surface area contributed by atoms with E-state index in [9.17, 15) is 5.11 Å². The quantitative estimate of drug-likeness (QED) is 0.850. The molecule has 1 aromatic heterocycles. The molecule has 0 amide bonds. The lowest BCUT2D eigenvalue weighted by Crippen LogP contribution is -2.09. The molecule has 4 nitrogen and oxygen atoms in total. The first-order valence-corrected chi connectivity index (χ1v) is 5.72. The second-order valence-corrected chi connectivity index (χ2v) is 4.24. The molecule has 17 heavy (non-hydrogen) atoms. The van der Waals surface area contributed by atoms with E-state index in [0.717, 1.165) is 11.4 Å². The van der Waals surface area contributed by atoms with Crippen molar-refractivity contribution in [3.05, 3.63) is 42.1 Å². The second kappa shape index (κ2) is 4.91. The van der Waals surface area contributed by atoms with Gasteiger partial charge in [0.05, 0.1) is 6.20 Å². The first kappa shape index (κ1) is 11.5. The maximum Gasteiger partial charge on any atom is 0.124 e. The van der Waals surface area contributed by atoms with E-state index in [-0.39, 0.29) is 0 Å². The summed E-state index contributed by atoms with van der Waals surface area (Å²) in [7, 11) is 0. The van der Waals surface area contributed by atoms with Gasteiger partial charge in [0.25, 0.3) is 0 Å². The number of phenols is 1. The minimum Gasteiger partial charge on any atom is -0.508 e. The van der Waals surface area contributed by atoms with Gasteiger partial charge in [-0.3, -0.25) is 0 Å². The summed E-state index contributed by atoms with van der Waals surface area (Å²) < 4.78 is 1.92. The van der Waals surface area contributed by atoms with Crippen LogP contribution < -0.4 is 5.32 Å². The number of para-hydroxylation sites is 1. The third kappa shape index (κ3) is 2.58. The molecule has 90 valence electrons. The average molecular weight is 231 g/mol. The predicted octanol–water partition coefficient (Wildman–Crippen LogP) is 2.78. The van der Waals surface area contributed by atoms with Crippen LogP contribution in [0.15, 0.2) is 36.5 Å². The molecule has 0 aliphatic carbocycles. The Hall–Kier alpha value is -1.97. The van der Waals surface area contributed by atoms with Crippen molar-refractivity contribution in [2.75, 3.05) is 5.32 Å². The van der Waals surface area contributed by atoms with Crippen LogP contribution in [0, 0.1) is 0 Å². The van der Waals surface area contributed by atoms with Gasteiger partial charge < -0.3 is 10.4 Å². The van der Waals surface area contributed by atoms with Crippen molar-refractivity contribution in [1.29, 1.82) is 0 Å². The van der Waals surface area contributed by atoms with Gasteiger partial charge in [-0.1, -0.05) is 18.2 Å². The fourth-order valence-electron chi connectivity index (χ4n) is 1.71. The highest BCUT2D eigenvalue weighted by atomic mass is 16.3. The number of hydrogen-bond donors (Lipinski definition) is 2. The van der Waals surface area contributed by atoms with E-state index in [4.69, 9.17) is 0 Å². The molecule has 0 fully saturated rings. The molecule has 0 radical (unpaired) electrons. The Morgan fingerprint density at radius 3 is 2.76 bits per heavy atom. The zero-order chi connectivity index (χ0) is 12.3. The van der Waals surface area contributed by atoms with E-state index in [0.29, 0.717) is 18.3 Å². The monoisotopic (exact) mass is 231 g/mol. The molecule has 0 saturated carbocycles. The molecule has 0 unspecified atom stereocenters. The molecule has 2 N–H and O–H groups in total. The lowest BCUT2D eigenvalue weighted by molar-refractivity contribution is 0.469. The molecule has 1 heterocycles. The predicted molar refractivity (Wildman–Crippen MR) is 68.0 cm³/mol. The van der Waals surface area contributed by atoms with Crippen molar-refractivity contribution in [1.82, 2.24) is 9.78 Å². The first-order chi connectivity index (χ1) is 8.18. The largest absolute Gasteiger partial charge is 0.508 e. The normalized spacial score (nSPS) is 10.8. The Balaban J connectivity index is 2.08. The van der Waals surface area contributed by atoms with Crippen LogP contribution in [0.4, 0.5) is 5.82 Å². The molecule has 4 heteroatoms. The van der Waals surface area contributed by atoms with Gasteiger partial charge in [-0.05, 0) is 19.9 Å². The molecule has 0 spiro atoms. The maximum absolute atomic E-state index is 9.66. The molecule has 0 saturated heterocycles. The minimum absolute atomic E-state index is 0.315. The highest BCUT2D eigenvalue weighted by Crippen LogP contribution is 2.18. The van der Waals surface area contributed by atoms with Gasteiger partial charge in [0, 0.05) is 24.2 Å². The standard InChI is InChI=1S/C13H17N3O/c1-10(2)16-13(7-8-15-16)14-9-11-5-3-4-6-12(11)17/h3-8,10,14,17H,9H2,1-2H3. The fourth-order valence-corrected chi connectivity index (χ4v) is 1.71. The summed E-state index contributed by atoms with van der Waals surface area (Å²) in [5.74, 6) is 1.28. The number of benzene rings is 1. The Morgan fingerprint density at radius 2 is 2.06 bits per heavy atom. The number of anilines is 1. The molecule has 0 aliphatic heterocycles. The van der Waals surface area contributed by atoms with Gasteiger partial charge in [0.15, 0.2) is 0 Å². The summed E-state index contributed by atoms with van der Waals surface area (Å²) in [6.45, 7) is 4.75. The number of hydrogen-bond acceptors (Lipinski definition) is 3. The molecular weight excluding hydrogens is 214 g/mol. The Morgan fingerprint density at radius 1 is 1.29 bits per heavy atom. The number of nitrogens with zero attached hydrogens (tertiary/aromatic N) is 2. The van der Waals surface area contributed by atoms with E-state index in [2.05, 4.69) is 24.3 Å². The van der Waals surface area contributed by atoms with E-state index in [1.165, 1.54) is 0 Å². The second-order valence-electron chi connectivity index (χ2n) is 4.24. The Bertz CT molecular complexity index is 491. The Labute approximate surface area is 101 Å². The molecule has 2 aromatic rings. The van der Waals surface area contributed by atoms with Gasteiger partial charge in [-0.25, -0.2) is 4.68 Å². The van der Waals surface area contributed by atoms with E-state index in [1.807, 2.05) is 28.9 Å². The van der Waals surface area contributed by atoms with Gasteiger partial charge in [-0.15, -0.1) is 0 Å². The smallest absolute Gasteiger partial charge is 0.124 e. The van der Waals surface area contributed by atoms with Crippen LogP contribution in [0.5, 0.6) is 5.75 Å². The topological polar surface area (TPSA) is 50.1 Å². The zero-order valence-corrected chi connectivity index (χ0v) is 10.1. The molecule has 0 aliphatic rings. The first-order valence-electron chi connectivity index (χ1n) is 5.72. The van der Waals surface area contributed by atoms with Gasteiger partial charge in [-0.2, -0.15) is 5.10 Å². The van der Waals surface area contributed by atoms with Gasteiger partial charge in [0.1, 0.15) is 11.6 Å². The van der Waals surface area contributed by atoms with Crippen molar-refractivity contribution >= 4 is 5.82 Å². The number of nitrogens with one attached hydrogen (secondary N) is 1. The number of rotatable bonds is 4. The van der Waals surface area contributed by atoms with E-state index >= 15 is 0 Å². The van der Waals surface area contributed by atoms with Crippen LogP contribution >= 0.6 is 0 Å². The van der Waals surface area contributed by atoms with Crippen LogP contribution in [0.2, 0.25) is 0 Å². The lowest BCUT2D eigenvalue weighted by atomic mass is 10.2. The molecule has 2 rings (SSSR count). The highest BCUT2D eigenvalue weighted by Gasteiger charge is 2.06. The molecule has 1 aromatic carbocycles. The van der Waals surface area contributed by atoms with Crippen LogP contribution in [0.1, 0.15) is 25.5 Å². The molecule has 0 bridgehead atoms. The summed E-state index contributed by atoms with van der Waals surface area (Å²) in [6.07, 6.45) is 1.77. The van der Waals surface area contributed by atoms with Crippen molar-refractivity contribution < 1.29 is 5.11 Å². The number of aromatic hydroxyl groups is 1. The highest BCUT2D eigenvalue weighted by molar-refractivity contribution is 5.39. The summed E-state index contributed by atoms with van der Waals surface area (Å²) >= 11 is 0. The van der Waals surface area contributed by atoms with Crippen LogP contribution in [-0.2, 0) is 6.54 Å². The number of aromatic nitrogens is 2. The van der Waals surface area contributed by atoms with E-state index in [1.54, 1.807) is 12.3 Å².